The molecule has 2 aromatic carbocycles. The van der Waals surface area contributed by atoms with E-state index in [4.69, 9.17) is 4.74 Å². The maximum absolute atomic E-state index is 5.80. The molecule has 0 aliphatic heterocycles. The molecule has 0 unspecified atom stereocenters. The van der Waals surface area contributed by atoms with Gasteiger partial charge in [-0.2, -0.15) is 0 Å². The van der Waals surface area contributed by atoms with E-state index in [0.29, 0.717) is 12.6 Å². The highest BCUT2D eigenvalue weighted by molar-refractivity contribution is 7.99. The minimum atomic E-state index is 0.515. The molecule has 1 aliphatic carbocycles. The molecular weight excluding hydrogens is 356 g/mol. The molecule has 0 radical (unpaired) electrons. The third kappa shape index (κ3) is 3.32. The number of nitrogens with one attached hydrogen (secondary N) is 1. The van der Waals surface area contributed by atoms with E-state index in [1.807, 2.05) is 42.6 Å². The third-order valence-electron chi connectivity index (χ3n) is 4.73. The Kier molecular flexibility index (Phi) is 4.33. The molecule has 6 heteroatoms. The molecule has 2 heterocycles. The fourth-order valence-corrected chi connectivity index (χ4v) is 4.11. The molecule has 5 nitrogen and oxygen atoms in total. The number of aromatic nitrogens is 4. The average molecular weight is 376 g/mol. The van der Waals surface area contributed by atoms with Gasteiger partial charge in [-0.3, -0.25) is 4.57 Å². The third-order valence-corrected chi connectivity index (χ3v) is 5.64. The number of thioether (sulfide) groups is 1. The van der Waals surface area contributed by atoms with Crippen molar-refractivity contribution in [3.05, 3.63) is 60.8 Å². The van der Waals surface area contributed by atoms with Crippen LogP contribution in [0.1, 0.15) is 18.9 Å². The number of nitrogens with zero attached hydrogens (tertiary/aromatic N) is 3. The summed E-state index contributed by atoms with van der Waals surface area (Å²) in [6.07, 6.45) is 4.43. The van der Waals surface area contributed by atoms with E-state index in [1.54, 1.807) is 11.8 Å². The van der Waals surface area contributed by atoms with E-state index in [1.165, 1.54) is 18.2 Å². The van der Waals surface area contributed by atoms with Crippen molar-refractivity contribution in [2.45, 2.75) is 24.0 Å². The van der Waals surface area contributed by atoms with Gasteiger partial charge in [0.15, 0.2) is 11.0 Å². The standard InChI is InChI=1S/C21H20N4OS/c1-2-6-16(7-3-1)26-12-13-27-21-24-23-20(25(21)15-10-11-15)18-14-22-19-9-5-4-8-17(18)19/h1-9,14-15,22H,10-13H2. The number of benzene rings is 2. The summed E-state index contributed by atoms with van der Waals surface area (Å²) in [4.78, 5) is 3.35. The van der Waals surface area contributed by atoms with Crippen molar-refractivity contribution in [2.75, 3.05) is 12.4 Å². The van der Waals surface area contributed by atoms with Crippen LogP contribution in [0.25, 0.3) is 22.3 Å². The highest BCUT2D eigenvalue weighted by Crippen LogP contribution is 2.42. The van der Waals surface area contributed by atoms with Gasteiger partial charge in [-0.1, -0.05) is 48.2 Å². The first kappa shape index (κ1) is 16.4. The van der Waals surface area contributed by atoms with Crippen LogP contribution in [-0.2, 0) is 0 Å². The number of ether oxygens (including phenoxy) is 1. The zero-order valence-corrected chi connectivity index (χ0v) is 15.7. The van der Waals surface area contributed by atoms with Gasteiger partial charge in [-0.05, 0) is 31.0 Å². The summed E-state index contributed by atoms with van der Waals surface area (Å²) < 4.78 is 8.11. The Morgan fingerprint density at radius 3 is 2.70 bits per heavy atom. The molecule has 0 atom stereocenters. The Bertz CT molecular complexity index is 1050. The summed E-state index contributed by atoms with van der Waals surface area (Å²) in [6.45, 7) is 0.647. The van der Waals surface area contributed by atoms with Gasteiger partial charge in [0.05, 0.1) is 6.61 Å². The van der Waals surface area contributed by atoms with Crippen molar-refractivity contribution in [1.82, 2.24) is 19.7 Å². The van der Waals surface area contributed by atoms with E-state index in [2.05, 4.69) is 37.9 Å². The van der Waals surface area contributed by atoms with E-state index in [9.17, 15) is 0 Å². The molecule has 2 aromatic heterocycles. The molecule has 0 saturated heterocycles. The lowest BCUT2D eigenvalue weighted by molar-refractivity contribution is 0.344. The van der Waals surface area contributed by atoms with Crippen molar-refractivity contribution >= 4 is 22.7 Å². The lowest BCUT2D eigenvalue weighted by Gasteiger charge is -2.09. The van der Waals surface area contributed by atoms with Gasteiger partial charge in [-0.15, -0.1) is 10.2 Å². The van der Waals surface area contributed by atoms with Crippen molar-refractivity contribution in [1.29, 1.82) is 0 Å². The Labute approximate surface area is 161 Å². The molecule has 1 fully saturated rings. The zero-order chi connectivity index (χ0) is 18.1. The number of aromatic amines is 1. The molecular formula is C21H20N4OS. The lowest BCUT2D eigenvalue weighted by Crippen LogP contribution is -2.03. The van der Waals surface area contributed by atoms with Gasteiger partial charge >= 0.3 is 0 Å². The Balaban J connectivity index is 1.35. The van der Waals surface area contributed by atoms with Crippen LogP contribution in [0.4, 0.5) is 0 Å². The first-order valence-electron chi connectivity index (χ1n) is 9.22. The van der Waals surface area contributed by atoms with Gasteiger partial charge in [0, 0.05) is 34.5 Å². The van der Waals surface area contributed by atoms with Crippen molar-refractivity contribution in [3.63, 3.8) is 0 Å². The monoisotopic (exact) mass is 376 g/mol. The van der Waals surface area contributed by atoms with Gasteiger partial charge in [0.2, 0.25) is 0 Å². The maximum Gasteiger partial charge on any atom is 0.191 e. The number of fused-ring (bicyclic) bond motifs is 1. The molecule has 1 saturated carbocycles. The van der Waals surface area contributed by atoms with Crippen molar-refractivity contribution < 1.29 is 4.74 Å². The van der Waals surface area contributed by atoms with Crippen LogP contribution in [0.3, 0.4) is 0 Å². The average Bonchev–Trinajstić information content (AvgIpc) is 3.33. The molecule has 1 N–H and O–H groups in total. The Morgan fingerprint density at radius 1 is 1.04 bits per heavy atom. The summed E-state index contributed by atoms with van der Waals surface area (Å²) in [7, 11) is 0. The second kappa shape index (κ2) is 7.12. The first-order chi connectivity index (χ1) is 13.4. The lowest BCUT2D eigenvalue weighted by atomic mass is 10.1. The van der Waals surface area contributed by atoms with Crippen molar-refractivity contribution in [2.24, 2.45) is 0 Å². The number of para-hydroxylation sites is 2. The predicted molar refractivity (Wildman–Crippen MR) is 108 cm³/mol. The number of H-pyrrole nitrogens is 1. The second-order valence-electron chi connectivity index (χ2n) is 6.67. The van der Waals surface area contributed by atoms with Gasteiger partial charge in [-0.25, -0.2) is 0 Å². The molecule has 0 spiro atoms. The quantitative estimate of drug-likeness (QED) is 0.367. The maximum atomic E-state index is 5.80. The first-order valence-corrected chi connectivity index (χ1v) is 10.2. The van der Waals surface area contributed by atoms with Crippen LogP contribution >= 0.6 is 11.8 Å². The number of rotatable bonds is 7. The molecule has 136 valence electrons. The second-order valence-corrected chi connectivity index (χ2v) is 7.73. The van der Waals surface area contributed by atoms with Crippen LogP contribution in [0, 0.1) is 0 Å². The smallest absolute Gasteiger partial charge is 0.191 e. The molecule has 0 amide bonds. The topological polar surface area (TPSA) is 55.7 Å². The zero-order valence-electron chi connectivity index (χ0n) is 14.8. The van der Waals surface area contributed by atoms with Crippen LogP contribution in [0.5, 0.6) is 5.75 Å². The summed E-state index contributed by atoms with van der Waals surface area (Å²) >= 11 is 1.71. The largest absolute Gasteiger partial charge is 0.493 e. The molecule has 5 rings (SSSR count). The van der Waals surface area contributed by atoms with Crippen LogP contribution in [0.15, 0.2) is 66.0 Å². The summed E-state index contributed by atoms with van der Waals surface area (Å²) in [5.74, 6) is 2.70. The molecule has 4 aromatic rings. The predicted octanol–water partition coefficient (Wildman–Crippen LogP) is 4.93. The highest BCUT2D eigenvalue weighted by Gasteiger charge is 2.30. The van der Waals surface area contributed by atoms with E-state index in [0.717, 1.165) is 33.6 Å². The fraction of sp³-hybridized carbons (Fsp3) is 0.238. The Hall–Kier alpha value is -2.73. The van der Waals surface area contributed by atoms with E-state index >= 15 is 0 Å². The van der Waals surface area contributed by atoms with E-state index < -0.39 is 0 Å². The summed E-state index contributed by atoms with van der Waals surface area (Å²) in [5.41, 5.74) is 2.25. The number of hydrogen-bond acceptors (Lipinski definition) is 4. The normalized spacial score (nSPS) is 13.9. The van der Waals surface area contributed by atoms with Crippen molar-refractivity contribution in [3.8, 4) is 17.1 Å². The van der Waals surface area contributed by atoms with E-state index in [-0.39, 0.29) is 0 Å². The summed E-state index contributed by atoms with van der Waals surface area (Å²) in [5, 5.41) is 11.2. The molecule has 27 heavy (non-hydrogen) atoms. The molecule has 0 bridgehead atoms. The minimum absolute atomic E-state index is 0.515. The number of hydrogen-bond donors (Lipinski definition) is 1. The fourth-order valence-electron chi connectivity index (χ4n) is 3.29. The summed E-state index contributed by atoms with van der Waals surface area (Å²) in [6, 6.07) is 18.8. The van der Waals surface area contributed by atoms with Crippen LogP contribution in [0.2, 0.25) is 0 Å². The SMILES string of the molecule is c1ccc(OCCSc2nnc(-c3c[nH]c4ccccc34)n2C2CC2)cc1. The highest BCUT2D eigenvalue weighted by atomic mass is 32.2. The molecule has 1 aliphatic rings. The van der Waals surface area contributed by atoms with Gasteiger partial charge in [0.1, 0.15) is 5.75 Å². The Morgan fingerprint density at radius 2 is 1.85 bits per heavy atom. The van der Waals surface area contributed by atoms with Crippen LogP contribution in [-0.4, -0.2) is 32.1 Å². The minimum Gasteiger partial charge on any atom is -0.493 e. The van der Waals surface area contributed by atoms with Gasteiger partial charge in [0.25, 0.3) is 0 Å². The van der Waals surface area contributed by atoms with Crippen LogP contribution < -0.4 is 4.74 Å². The van der Waals surface area contributed by atoms with Gasteiger partial charge < -0.3 is 9.72 Å².